The fraction of sp³-hybridized carbons (Fsp3) is 0.200. The largest absolute Gasteiger partial charge is 0.494 e. The van der Waals surface area contributed by atoms with E-state index in [1.54, 1.807) is 0 Å². The highest BCUT2D eigenvalue weighted by Crippen LogP contribution is 2.32. The van der Waals surface area contributed by atoms with Gasteiger partial charge in [-0.25, -0.2) is 16.8 Å². The highest BCUT2D eigenvalue weighted by atomic mass is 35.5. The van der Waals surface area contributed by atoms with Crippen LogP contribution in [0, 0.1) is 0 Å². The zero-order valence-electron chi connectivity index (χ0n) is 14.4. The van der Waals surface area contributed by atoms with Crippen LogP contribution in [-0.2, 0) is 20.0 Å². The molecule has 2 aromatic rings. The average molecular weight is 457 g/mol. The van der Waals surface area contributed by atoms with Crippen molar-refractivity contribution in [1.29, 1.82) is 0 Å². The van der Waals surface area contributed by atoms with Crippen molar-refractivity contribution in [1.82, 2.24) is 0 Å². The molecule has 0 aliphatic heterocycles. The first-order valence-electron chi connectivity index (χ1n) is 7.34. The van der Waals surface area contributed by atoms with Gasteiger partial charge in [-0.2, -0.15) is 8.78 Å². The van der Waals surface area contributed by atoms with Gasteiger partial charge < -0.3 is 9.47 Å². The van der Waals surface area contributed by atoms with Crippen molar-refractivity contribution in [3.63, 3.8) is 0 Å². The SMILES string of the molecule is COc1cc(NS(=O)(=O)c2ccc(OC(F)F)c(Cl)c2)ccc1NS(C)(=O)=O. The quantitative estimate of drug-likeness (QED) is 0.631. The first-order valence-corrected chi connectivity index (χ1v) is 11.1. The van der Waals surface area contributed by atoms with Gasteiger partial charge in [-0.1, -0.05) is 11.6 Å². The third-order valence-corrected chi connectivity index (χ3v) is 5.44. The minimum Gasteiger partial charge on any atom is -0.494 e. The third-order valence-electron chi connectivity index (χ3n) is 3.18. The van der Waals surface area contributed by atoms with Crippen LogP contribution < -0.4 is 18.9 Å². The van der Waals surface area contributed by atoms with Crippen molar-refractivity contribution in [2.75, 3.05) is 22.8 Å². The number of nitrogens with one attached hydrogen (secondary N) is 2. The monoisotopic (exact) mass is 456 g/mol. The van der Waals surface area contributed by atoms with Crippen LogP contribution in [0.1, 0.15) is 0 Å². The Morgan fingerprint density at radius 1 is 1.00 bits per heavy atom. The Balaban J connectivity index is 2.30. The molecule has 0 saturated carbocycles. The lowest BCUT2D eigenvalue weighted by Crippen LogP contribution is -2.14. The number of sulfonamides is 2. The fourth-order valence-electron chi connectivity index (χ4n) is 2.09. The van der Waals surface area contributed by atoms with Crippen LogP contribution in [0.4, 0.5) is 20.2 Å². The van der Waals surface area contributed by atoms with Crippen LogP contribution in [0.3, 0.4) is 0 Å². The van der Waals surface area contributed by atoms with Crippen LogP contribution >= 0.6 is 11.6 Å². The smallest absolute Gasteiger partial charge is 0.387 e. The Bertz CT molecular complexity index is 1080. The number of hydrogen-bond donors (Lipinski definition) is 2. The summed E-state index contributed by atoms with van der Waals surface area (Å²) in [6.07, 6.45) is 0.953. The average Bonchev–Trinajstić information content (AvgIpc) is 2.56. The highest BCUT2D eigenvalue weighted by molar-refractivity contribution is 7.92. The Hall–Kier alpha value is -2.31. The van der Waals surface area contributed by atoms with Crippen molar-refractivity contribution in [2.45, 2.75) is 11.5 Å². The van der Waals surface area contributed by atoms with Crippen molar-refractivity contribution >= 4 is 43.0 Å². The Labute approximate surface area is 165 Å². The number of methoxy groups -OCH3 is 1. The van der Waals surface area contributed by atoms with Crippen LogP contribution in [-0.4, -0.2) is 36.8 Å². The molecule has 0 spiro atoms. The van der Waals surface area contributed by atoms with Gasteiger partial charge >= 0.3 is 6.61 Å². The molecule has 0 aliphatic carbocycles. The van der Waals surface area contributed by atoms with E-state index in [4.69, 9.17) is 16.3 Å². The molecule has 0 amide bonds. The second-order valence-corrected chi connectivity index (χ2v) is 9.20. The fourth-order valence-corrected chi connectivity index (χ4v) is 4.03. The zero-order chi connectivity index (χ0) is 21.1. The van der Waals surface area contributed by atoms with Gasteiger partial charge in [0.15, 0.2) is 0 Å². The van der Waals surface area contributed by atoms with Gasteiger partial charge in [-0.3, -0.25) is 9.44 Å². The van der Waals surface area contributed by atoms with E-state index >= 15 is 0 Å². The lowest BCUT2D eigenvalue weighted by atomic mass is 10.2. The van der Waals surface area contributed by atoms with Crippen molar-refractivity contribution in [3.05, 3.63) is 41.4 Å². The van der Waals surface area contributed by atoms with Gasteiger partial charge in [0.05, 0.1) is 34.7 Å². The number of alkyl halides is 2. The second kappa shape index (κ2) is 8.37. The van der Waals surface area contributed by atoms with Gasteiger partial charge in [0.2, 0.25) is 10.0 Å². The Morgan fingerprint density at radius 2 is 1.68 bits per heavy atom. The lowest BCUT2D eigenvalue weighted by Gasteiger charge is -2.14. The van der Waals surface area contributed by atoms with Gasteiger partial charge in [0.1, 0.15) is 11.5 Å². The standard InChI is InChI=1S/C15H15ClF2N2O6S2/c1-25-14-7-9(3-5-12(14)20-27(2,21)22)19-28(23,24)10-4-6-13(11(16)8-10)26-15(17)18/h3-8,15,19-20H,1-2H3. The number of benzene rings is 2. The van der Waals surface area contributed by atoms with Gasteiger partial charge in [-0.05, 0) is 30.3 Å². The minimum atomic E-state index is -4.13. The topological polar surface area (TPSA) is 111 Å². The van der Waals surface area contributed by atoms with Crippen LogP contribution in [0.5, 0.6) is 11.5 Å². The summed E-state index contributed by atoms with van der Waals surface area (Å²) in [6.45, 7) is -3.11. The number of anilines is 2. The molecule has 2 aromatic carbocycles. The summed E-state index contributed by atoms with van der Waals surface area (Å²) in [6, 6.07) is 6.89. The number of hydrogen-bond acceptors (Lipinski definition) is 6. The number of halogens is 3. The molecule has 0 bridgehead atoms. The predicted octanol–water partition coefficient (Wildman–Crippen LogP) is 3.12. The van der Waals surface area contributed by atoms with E-state index in [0.29, 0.717) is 0 Å². The molecule has 0 heterocycles. The van der Waals surface area contributed by atoms with E-state index in [1.807, 2.05) is 0 Å². The molecule has 154 valence electrons. The summed E-state index contributed by atoms with van der Waals surface area (Å²) < 4.78 is 85.9. The predicted molar refractivity (Wildman–Crippen MR) is 100 cm³/mol. The third kappa shape index (κ3) is 5.84. The molecule has 0 saturated heterocycles. The maximum Gasteiger partial charge on any atom is 0.387 e. The van der Waals surface area contributed by atoms with Crippen LogP contribution in [0.25, 0.3) is 0 Å². The molecule has 0 unspecified atom stereocenters. The summed E-state index contributed by atoms with van der Waals surface area (Å²) in [5.74, 6) is -0.294. The van der Waals surface area contributed by atoms with Gasteiger partial charge in [0, 0.05) is 6.07 Å². The van der Waals surface area contributed by atoms with Crippen molar-refractivity contribution in [3.8, 4) is 11.5 Å². The van der Waals surface area contributed by atoms with E-state index in [9.17, 15) is 25.6 Å². The Morgan fingerprint density at radius 3 is 2.21 bits per heavy atom. The number of rotatable bonds is 8. The zero-order valence-corrected chi connectivity index (χ0v) is 16.8. The molecule has 13 heteroatoms. The molecule has 28 heavy (non-hydrogen) atoms. The lowest BCUT2D eigenvalue weighted by molar-refractivity contribution is -0.0498. The summed E-state index contributed by atoms with van der Waals surface area (Å²) in [4.78, 5) is -0.295. The molecule has 2 rings (SSSR count). The minimum absolute atomic E-state index is 0.0694. The molecule has 0 radical (unpaired) electrons. The van der Waals surface area contributed by atoms with Crippen LogP contribution in [0.15, 0.2) is 41.3 Å². The normalized spacial score (nSPS) is 11.9. The van der Waals surface area contributed by atoms with Crippen molar-refractivity contribution in [2.24, 2.45) is 0 Å². The first-order chi connectivity index (χ1) is 12.9. The molecule has 0 fully saturated rings. The van der Waals surface area contributed by atoms with Gasteiger partial charge in [0.25, 0.3) is 10.0 Å². The van der Waals surface area contributed by atoms with Crippen LogP contribution in [0.2, 0.25) is 5.02 Å². The summed E-state index contributed by atoms with van der Waals surface area (Å²) in [5.41, 5.74) is 0.185. The maximum absolute atomic E-state index is 12.5. The van der Waals surface area contributed by atoms with E-state index in [2.05, 4.69) is 14.2 Å². The molecule has 0 atom stereocenters. The van der Waals surface area contributed by atoms with E-state index in [1.165, 1.54) is 25.3 Å². The molecule has 2 N–H and O–H groups in total. The summed E-state index contributed by atoms with van der Waals surface area (Å²) in [5, 5.41) is -0.312. The number of ether oxygens (including phenoxy) is 2. The second-order valence-electron chi connectivity index (χ2n) is 5.37. The van der Waals surface area contributed by atoms with E-state index < -0.39 is 26.7 Å². The van der Waals surface area contributed by atoms with E-state index in [-0.39, 0.29) is 32.8 Å². The first kappa shape index (κ1) is 22.0. The molecule has 8 nitrogen and oxygen atoms in total. The van der Waals surface area contributed by atoms with Crippen molar-refractivity contribution < 1.29 is 35.1 Å². The van der Waals surface area contributed by atoms with E-state index in [0.717, 1.165) is 24.5 Å². The molecule has 0 aliphatic rings. The maximum atomic E-state index is 12.5. The highest BCUT2D eigenvalue weighted by Gasteiger charge is 2.19. The molecule has 0 aromatic heterocycles. The summed E-state index contributed by atoms with van der Waals surface area (Å²) in [7, 11) is -6.41. The Kier molecular flexibility index (Phi) is 6.57. The molecular weight excluding hydrogens is 442 g/mol. The van der Waals surface area contributed by atoms with Gasteiger partial charge in [-0.15, -0.1) is 0 Å². The molecular formula is C15H15ClF2N2O6S2. The summed E-state index contributed by atoms with van der Waals surface area (Å²) >= 11 is 5.78.